The number of anilines is 1. The average Bonchev–Trinajstić information content (AvgIpc) is 2.61. The standard InChI is InChI=1S/C12H15N3O.C9H15N/c1-4-7-15-12(13)16-11-8-10(14-3)6-5-9(11)2;1-8(2)5-4-6-9(3)7-10/h4-8,13-14H,1H2,2-3H3;4-6H,1,7,10H2,2-3H3/b13-12?,15-7+;5-4-,9-6+. The summed E-state index contributed by atoms with van der Waals surface area (Å²) in [7, 11) is 1.83. The lowest BCUT2D eigenvalue weighted by molar-refractivity contribution is 0.534. The van der Waals surface area contributed by atoms with Gasteiger partial charge in [0.1, 0.15) is 5.75 Å². The van der Waals surface area contributed by atoms with Crippen LogP contribution in [0.2, 0.25) is 0 Å². The highest BCUT2D eigenvalue weighted by atomic mass is 16.5. The van der Waals surface area contributed by atoms with Crippen molar-refractivity contribution >= 4 is 17.9 Å². The van der Waals surface area contributed by atoms with Crippen LogP contribution in [0.5, 0.6) is 5.75 Å². The lowest BCUT2D eigenvalue weighted by atomic mass is 10.2. The second-order valence-corrected chi connectivity index (χ2v) is 5.57. The predicted molar refractivity (Wildman–Crippen MR) is 115 cm³/mol. The van der Waals surface area contributed by atoms with Gasteiger partial charge in [0.05, 0.1) is 0 Å². The number of amidine groups is 1. The molecule has 0 aliphatic heterocycles. The highest BCUT2D eigenvalue weighted by molar-refractivity contribution is 5.86. The van der Waals surface area contributed by atoms with Crippen LogP contribution in [0.3, 0.4) is 0 Å². The predicted octanol–water partition coefficient (Wildman–Crippen LogP) is 4.63. The first-order valence-electron chi connectivity index (χ1n) is 8.23. The van der Waals surface area contributed by atoms with E-state index in [1.54, 1.807) is 0 Å². The number of nitrogens with one attached hydrogen (secondary N) is 2. The Morgan fingerprint density at radius 1 is 1.38 bits per heavy atom. The molecule has 4 N–H and O–H groups in total. The van der Waals surface area contributed by atoms with Gasteiger partial charge in [-0.25, -0.2) is 10.4 Å². The SMILES string of the molecule is C=C(C)/C=C\C=C(/C)CN.C=C/C=N/C(=N)Oc1cc(NC)ccc1C. The minimum absolute atomic E-state index is 0.156. The second-order valence-electron chi connectivity index (χ2n) is 5.57. The molecule has 0 saturated heterocycles. The minimum atomic E-state index is -0.156. The topological polar surface area (TPSA) is 83.5 Å². The molecular formula is C21H30N4O. The smallest absolute Gasteiger partial charge is 0.314 e. The van der Waals surface area contributed by atoms with Crippen LogP contribution in [0.25, 0.3) is 0 Å². The first-order valence-corrected chi connectivity index (χ1v) is 8.23. The Kier molecular flexibility index (Phi) is 11.9. The molecule has 0 heterocycles. The van der Waals surface area contributed by atoms with Crippen molar-refractivity contribution < 1.29 is 4.74 Å². The lowest BCUT2D eigenvalue weighted by Gasteiger charge is -2.08. The molecule has 0 fully saturated rings. The Morgan fingerprint density at radius 2 is 2.08 bits per heavy atom. The van der Waals surface area contributed by atoms with Crippen LogP contribution in [0.1, 0.15) is 19.4 Å². The number of aryl methyl sites for hydroxylation is 1. The molecule has 5 nitrogen and oxygen atoms in total. The summed E-state index contributed by atoms with van der Waals surface area (Å²) >= 11 is 0. The van der Waals surface area contributed by atoms with Crippen LogP contribution in [0, 0.1) is 12.3 Å². The number of nitrogens with two attached hydrogens (primary N) is 1. The normalized spacial score (nSPS) is 11.0. The zero-order chi connectivity index (χ0) is 19.9. The van der Waals surface area contributed by atoms with Crippen LogP contribution in [-0.4, -0.2) is 25.8 Å². The average molecular weight is 354 g/mol. The summed E-state index contributed by atoms with van der Waals surface area (Å²) in [4.78, 5) is 3.73. The highest BCUT2D eigenvalue weighted by Crippen LogP contribution is 2.22. The molecule has 0 aliphatic rings. The Balaban J connectivity index is 0.000000541. The van der Waals surface area contributed by atoms with E-state index in [2.05, 4.69) is 23.5 Å². The van der Waals surface area contributed by atoms with Gasteiger partial charge >= 0.3 is 6.02 Å². The van der Waals surface area contributed by atoms with Gasteiger partial charge in [0.15, 0.2) is 0 Å². The maximum Gasteiger partial charge on any atom is 0.314 e. The number of nitrogens with zero attached hydrogens (tertiary/aromatic N) is 1. The fourth-order valence-corrected chi connectivity index (χ4v) is 1.56. The minimum Gasteiger partial charge on any atom is -0.424 e. The van der Waals surface area contributed by atoms with E-state index in [0.29, 0.717) is 12.3 Å². The zero-order valence-corrected chi connectivity index (χ0v) is 16.2. The zero-order valence-electron chi connectivity index (χ0n) is 16.2. The summed E-state index contributed by atoms with van der Waals surface area (Å²) < 4.78 is 5.29. The summed E-state index contributed by atoms with van der Waals surface area (Å²) in [6.45, 7) is 13.7. The Bertz CT molecular complexity index is 700. The first kappa shape index (κ1) is 23.1. The van der Waals surface area contributed by atoms with Crippen molar-refractivity contribution in [2.75, 3.05) is 18.9 Å². The van der Waals surface area contributed by atoms with E-state index in [1.165, 1.54) is 17.9 Å². The molecule has 0 saturated carbocycles. The Hall–Kier alpha value is -2.92. The maximum absolute atomic E-state index is 7.47. The van der Waals surface area contributed by atoms with Crippen molar-refractivity contribution in [1.82, 2.24) is 0 Å². The van der Waals surface area contributed by atoms with E-state index >= 15 is 0 Å². The van der Waals surface area contributed by atoms with Crippen molar-refractivity contribution in [3.05, 3.63) is 72.4 Å². The van der Waals surface area contributed by atoms with E-state index in [1.807, 2.05) is 64.2 Å². The monoisotopic (exact) mass is 354 g/mol. The van der Waals surface area contributed by atoms with E-state index in [0.717, 1.165) is 16.8 Å². The van der Waals surface area contributed by atoms with Crippen molar-refractivity contribution in [2.24, 2.45) is 10.7 Å². The van der Waals surface area contributed by atoms with Crippen molar-refractivity contribution in [1.29, 1.82) is 5.41 Å². The molecule has 1 aromatic carbocycles. The molecule has 1 rings (SSSR count). The van der Waals surface area contributed by atoms with Gasteiger partial charge in [0.25, 0.3) is 0 Å². The number of rotatable bonds is 6. The largest absolute Gasteiger partial charge is 0.424 e. The van der Waals surface area contributed by atoms with Gasteiger partial charge in [-0.1, -0.05) is 54.7 Å². The van der Waals surface area contributed by atoms with Crippen molar-refractivity contribution in [3.8, 4) is 5.75 Å². The number of hydrogen-bond donors (Lipinski definition) is 3. The second kappa shape index (κ2) is 13.4. The summed E-state index contributed by atoms with van der Waals surface area (Å²) in [6.07, 6.45) is 8.83. The van der Waals surface area contributed by atoms with Crippen LogP contribution in [0.15, 0.2) is 71.8 Å². The first-order chi connectivity index (χ1) is 12.3. The summed E-state index contributed by atoms with van der Waals surface area (Å²) in [5, 5.41) is 10.5. The van der Waals surface area contributed by atoms with Crippen LogP contribution >= 0.6 is 0 Å². The van der Waals surface area contributed by atoms with Gasteiger partial charge in [0, 0.05) is 31.6 Å². The molecule has 0 atom stereocenters. The molecule has 0 unspecified atom stereocenters. The third kappa shape index (κ3) is 10.8. The highest BCUT2D eigenvalue weighted by Gasteiger charge is 2.03. The molecule has 5 heteroatoms. The van der Waals surface area contributed by atoms with E-state index in [9.17, 15) is 0 Å². The molecule has 0 aromatic heterocycles. The molecule has 0 bridgehead atoms. The third-order valence-corrected chi connectivity index (χ3v) is 3.06. The molecular weight excluding hydrogens is 324 g/mol. The van der Waals surface area contributed by atoms with Crippen LogP contribution in [0.4, 0.5) is 5.69 Å². The molecule has 0 aliphatic carbocycles. The fourth-order valence-electron chi connectivity index (χ4n) is 1.56. The number of ether oxygens (including phenoxy) is 1. The fraction of sp³-hybridized carbons (Fsp3) is 0.238. The molecule has 0 spiro atoms. The van der Waals surface area contributed by atoms with Crippen molar-refractivity contribution in [2.45, 2.75) is 20.8 Å². The molecule has 26 heavy (non-hydrogen) atoms. The summed E-state index contributed by atoms with van der Waals surface area (Å²) in [5.74, 6) is 0.623. The quantitative estimate of drug-likeness (QED) is 0.395. The van der Waals surface area contributed by atoms with E-state index in [-0.39, 0.29) is 6.02 Å². The number of allylic oxidation sites excluding steroid dienone is 5. The van der Waals surface area contributed by atoms with Gasteiger partial charge in [-0.2, -0.15) is 0 Å². The Morgan fingerprint density at radius 3 is 2.62 bits per heavy atom. The van der Waals surface area contributed by atoms with Gasteiger partial charge in [-0.3, -0.25) is 0 Å². The van der Waals surface area contributed by atoms with Crippen LogP contribution < -0.4 is 15.8 Å². The Labute approximate surface area is 157 Å². The number of hydrogen-bond acceptors (Lipinski definition) is 4. The maximum atomic E-state index is 7.47. The number of benzene rings is 1. The molecule has 140 valence electrons. The van der Waals surface area contributed by atoms with Crippen LogP contribution in [-0.2, 0) is 0 Å². The summed E-state index contributed by atoms with van der Waals surface area (Å²) in [6, 6.07) is 5.54. The van der Waals surface area contributed by atoms with E-state index < -0.39 is 0 Å². The molecule has 0 radical (unpaired) electrons. The third-order valence-electron chi connectivity index (χ3n) is 3.06. The molecule has 0 amide bonds. The van der Waals surface area contributed by atoms with E-state index in [4.69, 9.17) is 15.9 Å². The lowest BCUT2D eigenvalue weighted by Crippen LogP contribution is -2.05. The summed E-state index contributed by atoms with van der Waals surface area (Å²) in [5.41, 5.74) is 9.49. The van der Waals surface area contributed by atoms with Gasteiger partial charge in [-0.15, -0.1) is 0 Å². The van der Waals surface area contributed by atoms with Gasteiger partial charge in [0.2, 0.25) is 0 Å². The number of aliphatic imine (C=N–C) groups is 1. The molecule has 1 aromatic rings. The van der Waals surface area contributed by atoms with Gasteiger partial charge in [-0.05, 0) is 32.4 Å². The van der Waals surface area contributed by atoms with Gasteiger partial charge < -0.3 is 15.8 Å². The van der Waals surface area contributed by atoms with Crippen molar-refractivity contribution in [3.63, 3.8) is 0 Å².